The third kappa shape index (κ3) is 2.08. The summed E-state index contributed by atoms with van der Waals surface area (Å²) in [7, 11) is 1.33. The van der Waals surface area contributed by atoms with Gasteiger partial charge in [0.15, 0.2) is 5.82 Å². The van der Waals surface area contributed by atoms with Crippen LogP contribution in [0.25, 0.3) is 0 Å². The van der Waals surface area contributed by atoms with Gasteiger partial charge in [-0.1, -0.05) is 5.21 Å². The number of furan rings is 1. The average molecular weight is 222 g/mol. The zero-order valence-electron chi connectivity index (χ0n) is 8.58. The molecule has 84 valence electrons. The fraction of sp³-hybridized carbons (Fsp3) is 0.333. The summed E-state index contributed by atoms with van der Waals surface area (Å²) in [5.74, 6) is 0.277. The number of H-pyrrole nitrogens is 1. The maximum absolute atomic E-state index is 11.3. The van der Waals surface area contributed by atoms with Crippen molar-refractivity contribution in [3.8, 4) is 0 Å². The Hall–Kier alpha value is -2.18. The Balaban J connectivity index is 2.24. The Morgan fingerprint density at radius 3 is 3.12 bits per heavy atom. The second-order valence-corrected chi connectivity index (χ2v) is 3.12. The number of aromatic nitrogens is 4. The van der Waals surface area contributed by atoms with Crippen LogP contribution < -0.4 is 0 Å². The van der Waals surface area contributed by atoms with Gasteiger partial charge in [-0.3, -0.25) is 4.79 Å². The van der Waals surface area contributed by atoms with Crippen molar-refractivity contribution in [1.29, 1.82) is 0 Å². The molecule has 0 saturated heterocycles. The van der Waals surface area contributed by atoms with Crippen LogP contribution in [0.3, 0.4) is 0 Å². The molecule has 0 aliphatic heterocycles. The van der Waals surface area contributed by atoms with Crippen molar-refractivity contribution < 1.29 is 13.9 Å². The Morgan fingerprint density at radius 1 is 1.69 bits per heavy atom. The largest absolute Gasteiger partial charge is 0.469 e. The minimum atomic E-state index is -0.374. The van der Waals surface area contributed by atoms with Crippen molar-refractivity contribution in [2.45, 2.75) is 12.3 Å². The van der Waals surface area contributed by atoms with Gasteiger partial charge >= 0.3 is 5.97 Å². The predicted molar refractivity (Wildman–Crippen MR) is 51.4 cm³/mol. The van der Waals surface area contributed by atoms with Gasteiger partial charge < -0.3 is 9.15 Å². The minimum Gasteiger partial charge on any atom is -0.469 e. The lowest BCUT2D eigenvalue weighted by molar-refractivity contribution is -0.141. The van der Waals surface area contributed by atoms with Crippen LogP contribution in [0.5, 0.6) is 0 Å². The normalized spacial score (nSPS) is 12.3. The van der Waals surface area contributed by atoms with E-state index >= 15 is 0 Å². The summed E-state index contributed by atoms with van der Waals surface area (Å²) < 4.78 is 9.85. The summed E-state index contributed by atoms with van der Waals surface area (Å²) in [6.07, 6.45) is 1.64. The number of tetrazole rings is 1. The molecule has 0 bridgehead atoms. The molecule has 0 aliphatic carbocycles. The lowest BCUT2D eigenvalue weighted by Gasteiger charge is -2.08. The van der Waals surface area contributed by atoms with Crippen molar-refractivity contribution in [1.82, 2.24) is 20.6 Å². The van der Waals surface area contributed by atoms with Gasteiger partial charge in [0.1, 0.15) is 5.76 Å². The van der Waals surface area contributed by atoms with E-state index in [0.29, 0.717) is 11.6 Å². The number of rotatable bonds is 4. The number of ether oxygens (including phenoxy) is 1. The number of nitrogens with zero attached hydrogens (tertiary/aromatic N) is 3. The smallest absolute Gasteiger partial charge is 0.306 e. The van der Waals surface area contributed by atoms with E-state index in [1.165, 1.54) is 13.4 Å². The molecule has 0 aliphatic rings. The number of methoxy groups -OCH3 is 1. The fourth-order valence-electron chi connectivity index (χ4n) is 1.38. The number of aromatic amines is 1. The number of carbonyl (C=O) groups is 1. The molecule has 0 fully saturated rings. The molecular formula is C9H10N4O3. The summed E-state index contributed by atoms with van der Waals surface area (Å²) in [5.41, 5.74) is 0. The highest BCUT2D eigenvalue weighted by atomic mass is 16.5. The van der Waals surface area contributed by atoms with Gasteiger partial charge in [-0.15, -0.1) is 10.2 Å². The third-order valence-corrected chi connectivity index (χ3v) is 2.16. The maximum atomic E-state index is 11.3. The van der Waals surface area contributed by atoms with E-state index in [-0.39, 0.29) is 18.3 Å². The second-order valence-electron chi connectivity index (χ2n) is 3.12. The van der Waals surface area contributed by atoms with Crippen molar-refractivity contribution in [3.63, 3.8) is 0 Å². The van der Waals surface area contributed by atoms with Crippen LogP contribution in [0.15, 0.2) is 22.8 Å². The number of hydrogen-bond acceptors (Lipinski definition) is 6. The molecule has 1 N–H and O–H groups in total. The molecule has 2 heterocycles. The molecule has 7 heteroatoms. The SMILES string of the molecule is COC(=O)CC(c1nn[nH]n1)c1ccco1. The predicted octanol–water partition coefficient (Wildman–Crippen LogP) is 0.488. The molecule has 0 aromatic carbocycles. The van der Waals surface area contributed by atoms with E-state index < -0.39 is 0 Å². The summed E-state index contributed by atoms with van der Waals surface area (Å²) in [6.45, 7) is 0. The summed E-state index contributed by atoms with van der Waals surface area (Å²) in [4.78, 5) is 11.3. The Morgan fingerprint density at radius 2 is 2.56 bits per heavy atom. The highest BCUT2D eigenvalue weighted by Gasteiger charge is 2.24. The minimum absolute atomic E-state index is 0.115. The topological polar surface area (TPSA) is 93.9 Å². The first kappa shape index (κ1) is 10.3. The highest BCUT2D eigenvalue weighted by Crippen LogP contribution is 2.25. The van der Waals surface area contributed by atoms with Crippen LogP contribution >= 0.6 is 0 Å². The number of carbonyl (C=O) groups excluding carboxylic acids is 1. The number of nitrogens with one attached hydrogen (secondary N) is 1. The van der Waals surface area contributed by atoms with Crippen molar-refractivity contribution in [2.75, 3.05) is 7.11 Å². The zero-order valence-corrected chi connectivity index (χ0v) is 8.58. The molecule has 0 saturated carbocycles. The monoisotopic (exact) mass is 222 g/mol. The van der Waals surface area contributed by atoms with Gasteiger partial charge in [0.2, 0.25) is 0 Å². The molecule has 16 heavy (non-hydrogen) atoms. The zero-order chi connectivity index (χ0) is 11.4. The molecular weight excluding hydrogens is 212 g/mol. The first-order chi connectivity index (χ1) is 7.81. The molecule has 1 atom stereocenters. The van der Waals surface area contributed by atoms with Gasteiger partial charge in [0.05, 0.1) is 25.7 Å². The molecule has 1 unspecified atom stereocenters. The summed E-state index contributed by atoms with van der Waals surface area (Å²) >= 11 is 0. The van der Waals surface area contributed by atoms with Crippen molar-refractivity contribution in [3.05, 3.63) is 30.0 Å². The summed E-state index contributed by atoms with van der Waals surface area (Å²) in [6, 6.07) is 3.49. The van der Waals surface area contributed by atoms with Gasteiger partial charge in [-0.05, 0) is 12.1 Å². The first-order valence-corrected chi connectivity index (χ1v) is 4.65. The highest BCUT2D eigenvalue weighted by molar-refractivity contribution is 5.70. The fourth-order valence-corrected chi connectivity index (χ4v) is 1.38. The second kappa shape index (κ2) is 4.56. The van der Waals surface area contributed by atoms with Crippen LogP contribution in [0, 0.1) is 0 Å². The van der Waals surface area contributed by atoms with Crippen LogP contribution in [0.2, 0.25) is 0 Å². The molecule has 0 amide bonds. The molecule has 0 spiro atoms. The van der Waals surface area contributed by atoms with E-state index in [4.69, 9.17) is 4.42 Å². The van der Waals surface area contributed by atoms with E-state index in [1.807, 2.05) is 0 Å². The maximum Gasteiger partial charge on any atom is 0.306 e. The van der Waals surface area contributed by atoms with E-state index in [0.717, 1.165) is 0 Å². The standard InChI is InChI=1S/C9H10N4O3/c1-15-8(14)5-6(7-3-2-4-16-7)9-10-12-13-11-9/h2-4,6H,5H2,1H3,(H,10,11,12,13). The molecule has 2 aromatic heterocycles. The van der Waals surface area contributed by atoms with Crippen molar-refractivity contribution >= 4 is 5.97 Å². The average Bonchev–Trinajstić information content (AvgIpc) is 2.97. The first-order valence-electron chi connectivity index (χ1n) is 4.65. The van der Waals surface area contributed by atoms with Crippen LogP contribution in [0.4, 0.5) is 0 Å². The van der Waals surface area contributed by atoms with Gasteiger partial charge in [0, 0.05) is 0 Å². The Kier molecular flexibility index (Phi) is 2.95. The lowest BCUT2D eigenvalue weighted by Crippen LogP contribution is -2.11. The van der Waals surface area contributed by atoms with Crippen LogP contribution in [0.1, 0.15) is 23.9 Å². The van der Waals surface area contributed by atoms with E-state index in [2.05, 4.69) is 25.4 Å². The van der Waals surface area contributed by atoms with E-state index in [9.17, 15) is 4.79 Å². The summed E-state index contributed by atoms with van der Waals surface area (Å²) in [5, 5.41) is 13.5. The number of hydrogen-bond donors (Lipinski definition) is 1. The van der Waals surface area contributed by atoms with Gasteiger partial charge in [-0.2, -0.15) is 5.21 Å². The van der Waals surface area contributed by atoms with Gasteiger partial charge in [-0.25, -0.2) is 0 Å². The third-order valence-electron chi connectivity index (χ3n) is 2.16. The number of esters is 1. The Labute approximate surface area is 90.8 Å². The molecule has 2 aromatic rings. The lowest BCUT2D eigenvalue weighted by atomic mass is 10.0. The Bertz CT molecular complexity index is 403. The molecule has 7 nitrogen and oxygen atoms in total. The van der Waals surface area contributed by atoms with Gasteiger partial charge in [0.25, 0.3) is 0 Å². The molecule has 2 rings (SSSR count). The van der Waals surface area contributed by atoms with Crippen molar-refractivity contribution in [2.24, 2.45) is 0 Å². The van der Waals surface area contributed by atoms with E-state index in [1.54, 1.807) is 12.1 Å². The van der Waals surface area contributed by atoms with Crippen LogP contribution in [-0.2, 0) is 9.53 Å². The molecule has 0 radical (unpaired) electrons. The quantitative estimate of drug-likeness (QED) is 0.756. The van der Waals surface area contributed by atoms with Crippen LogP contribution in [-0.4, -0.2) is 33.7 Å².